The van der Waals surface area contributed by atoms with Gasteiger partial charge in [-0.15, -0.1) is 0 Å². The van der Waals surface area contributed by atoms with Crippen molar-refractivity contribution in [2.45, 2.75) is 32.7 Å². The number of likely N-dealkylation sites (N-methyl/N-ethyl adjacent to an activating group) is 1. The highest BCUT2D eigenvalue weighted by molar-refractivity contribution is 6.31. The fourth-order valence-corrected chi connectivity index (χ4v) is 2.10. The summed E-state index contributed by atoms with van der Waals surface area (Å²) in [5.74, 6) is 0. The molecule has 1 aromatic heterocycles. The van der Waals surface area contributed by atoms with Gasteiger partial charge >= 0.3 is 0 Å². The summed E-state index contributed by atoms with van der Waals surface area (Å²) >= 11 is 6.18. The molecule has 98 valence electrons. The first kappa shape index (κ1) is 14.4. The number of rotatable bonds is 7. The molecule has 0 bridgehead atoms. The SMILES string of the molecule is CCNC(c1c(Cl)cnn1CC)C(OC)OC. The van der Waals surface area contributed by atoms with Crippen LogP contribution >= 0.6 is 11.6 Å². The van der Waals surface area contributed by atoms with Crippen LogP contribution in [0.15, 0.2) is 6.20 Å². The van der Waals surface area contributed by atoms with Crippen LogP contribution in [0.4, 0.5) is 0 Å². The molecular formula is C11H20ClN3O2. The number of hydrogen-bond donors (Lipinski definition) is 1. The van der Waals surface area contributed by atoms with Crippen LogP contribution in [-0.2, 0) is 16.0 Å². The first-order valence-corrected chi connectivity index (χ1v) is 6.07. The lowest BCUT2D eigenvalue weighted by Gasteiger charge is -2.26. The lowest BCUT2D eigenvalue weighted by Crippen LogP contribution is -2.36. The molecule has 0 amide bonds. The van der Waals surface area contributed by atoms with Crippen molar-refractivity contribution in [3.8, 4) is 0 Å². The second-order valence-corrected chi connectivity index (χ2v) is 3.98. The van der Waals surface area contributed by atoms with Gasteiger partial charge in [-0.1, -0.05) is 18.5 Å². The summed E-state index contributed by atoms with van der Waals surface area (Å²) in [6.07, 6.45) is 1.25. The molecule has 6 heteroatoms. The molecule has 0 spiro atoms. The summed E-state index contributed by atoms with van der Waals surface area (Å²) in [5.41, 5.74) is 0.893. The lowest BCUT2D eigenvalue weighted by atomic mass is 10.2. The number of hydrogen-bond acceptors (Lipinski definition) is 4. The van der Waals surface area contributed by atoms with E-state index in [4.69, 9.17) is 21.1 Å². The zero-order valence-corrected chi connectivity index (χ0v) is 11.5. The molecule has 0 radical (unpaired) electrons. The summed E-state index contributed by atoms with van der Waals surface area (Å²) < 4.78 is 12.5. The summed E-state index contributed by atoms with van der Waals surface area (Å²) in [7, 11) is 3.22. The lowest BCUT2D eigenvalue weighted by molar-refractivity contribution is -0.125. The number of aromatic nitrogens is 2. The van der Waals surface area contributed by atoms with Gasteiger partial charge in [0.1, 0.15) is 6.04 Å². The Morgan fingerprint density at radius 1 is 1.41 bits per heavy atom. The molecule has 1 unspecified atom stereocenters. The molecule has 1 heterocycles. The number of halogens is 1. The Bertz CT molecular complexity index is 339. The fraction of sp³-hybridized carbons (Fsp3) is 0.727. The van der Waals surface area contributed by atoms with Crippen molar-refractivity contribution in [2.75, 3.05) is 20.8 Å². The van der Waals surface area contributed by atoms with Crippen LogP contribution < -0.4 is 5.32 Å². The van der Waals surface area contributed by atoms with Crippen LogP contribution in [0.3, 0.4) is 0 Å². The highest BCUT2D eigenvalue weighted by Crippen LogP contribution is 2.26. The molecule has 0 aromatic carbocycles. The second-order valence-electron chi connectivity index (χ2n) is 3.57. The van der Waals surface area contributed by atoms with E-state index in [-0.39, 0.29) is 6.04 Å². The van der Waals surface area contributed by atoms with Gasteiger partial charge in [-0.25, -0.2) is 0 Å². The molecular weight excluding hydrogens is 242 g/mol. The maximum atomic E-state index is 6.18. The zero-order chi connectivity index (χ0) is 12.8. The van der Waals surface area contributed by atoms with Crippen molar-refractivity contribution in [1.82, 2.24) is 15.1 Å². The molecule has 1 aromatic rings. The predicted octanol–water partition coefficient (Wildman–Crippen LogP) is 1.83. The van der Waals surface area contributed by atoms with Crippen molar-refractivity contribution < 1.29 is 9.47 Å². The minimum absolute atomic E-state index is 0.134. The molecule has 1 atom stereocenters. The molecule has 17 heavy (non-hydrogen) atoms. The first-order chi connectivity index (χ1) is 8.19. The molecule has 0 fully saturated rings. The Morgan fingerprint density at radius 2 is 2.06 bits per heavy atom. The number of nitrogens with one attached hydrogen (secondary N) is 1. The number of methoxy groups -OCH3 is 2. The van der Waals surface area contributed by atoms with Crippen molar-refractivity contribution in [1.29, 1.82) is 0 Å². The zero-order valence-electron chi connectivity index (χ0n) is 10.7. The third-order valence-corrected chi connectivity index (χ3v) is 2.88. The van der Waals surface area contributed by atoms with Gasteiger partial charge in [0, 0.05) is 20.8 Å². The van der Waals surface area contributed by atoms with Crippen LogP contribution in [0, 0.1) is 0 Å². The van der Waals surface area contributed by atoms with Crippen molar-refractivity contribution in [3.63, 3.8) is 0 Å². The van der Waals surface area contributed by atoms with Crippen LogP contribution in [0.2, 0.25) is 5.02 Å². The topological polar surface area (TPSA) is 48.3 Å². The third-order valence-electron chi connectivity index (χ3n) is 2.59. The summed E-state index contributed by atoms with van der Waals surface area (Å²) in [6.45, 7) is 5.59. The second kappa shape index (κ2) is 6.96. The quantitative estimate of drug-likeness (QED) is 0.761. The van der Waals surface area contributed by atoms with Gasteiger partial charge < -0.3 is 14.8 Å². The Kier molecular flexibility index (Phi) is 5.91. The Hall–Kier alpha value is -0.620. The van der Waals surface area contributed by atoms with Crippen molar-refractivity contribution in [3.05, 3.63) is 16.9 Å². The molecule has 0 saturated heterocycles. The number of aryl methyl sites for hydroxylation is 1. The van der Waals surface area contributed by atoms with E-state index in [0.29, 0.717) is 5.02 Å². The van der Waals surface area contributed by atoms with Gasteiger partial charge in [0.05, 0.1) is 16.9 Å². The van der Waals surface area contributed by atoms with E-state index >= 15 is 0 Å². The summed E-state index contributed by atoms with van der Waals surface area (Å²) in [4.78, 5) is 0. The highest BCUT2D eigenvalue weighted by atomic mass is 35.5. The van der Waals surface area contributed by atoms with E-state index in [1.165, 1.54) is 0 Å². The summed E-state index contributed by atoms with van der Waals surface area (Å²) in [5, 5.41) is 8.15. The Labute approximate surface area is 107 Å². The van der Waals surface area contributed by atoms with E-state index < -0.39 is 6.29 Å². The molecule has 0 aliphatic carbocycles. The fourth-order valence-electron chi connectivity index (χ4n) is 1.84. The highest BCUT2D eigenvalue weighted by Gasteiger charge is 2.27. The van der Waals surface area contributed by atoms with E-state index in [0.717, 1.165) is 18.8 Å². The van der Waals surface area contributed by atoms with Crippen LogP contribution in [0.25, 0.3) is 0 Å². The molecule has 1 N–H and O–H groups in total. The average Bonchev–Trinajstić information content (AvgIpc) is 2.70. The molecule has 0 aliphatic rings. The Morgan fingerprint density at radius 3 is 2.53 bits per heavy atom. The molecule has 0 aliphatic heterocycles. The van der Waals surface area contributed by atoms with E-state index in [9.17, 15) is 0 Å². The van der Waals surface area contributed by atoms with Gasteiger partial charge in [0.25, 0.3) is 0 Å². The average molecular weight is 262 g/mol. The maximum absolute atomic E-state index is 6.18. The van der Waals surface area contributed by atoms with Gasteiger partial charge in [0.2, 0.25) is 0 Å². The van der Waals surface area contributed by atoms with E-state index in [1.807, 2.05) is 18.5 Å². The van der Waals surface area contributed by atoms with Crippen molar-refractivity contribution >= 4 is 11.6 Å². The van der Waals surface area contributed by atoms with E-state index in [2.05, 4.69) is 10.4 Å². The minimum atomic E-state index is -0.394. The monoisotopic (exact) mass is 261 g/mol. The Balaban J connectivity index is 3.07. The van der Waals surface area contributed by atoms with Crippen LogP contribution in [0.5, 0.6) is 0 Å². The summed E-state index contributed by atoms with van der Waals surface area (Å²) in [6, 6.07) is -0.134. The molecule has 0 saturated carbocycles. The van der Waals surface area contributed by atoms with Gasteiger partial charge in [-0.3, -0.25) is 4.68 Å². The van der Waals surface area contributed by atoms with Gasteiger partial charge in [0.15, 0.2) is 6.29 Å². The molecule has 1 rings (SSSR count). The largest absolute Gasteiger partial charge is 0.354 e. The van der Waals surface area contributed by atoms with Gasteiger partial charge in [-0.2, -0.15) is 5.10 Å². The predicted molar refractivity (Wildman–Crippen MR) is 67.1 cm³/mol. The van der Waals surface area contributed by atoms with Crippen LogP contribution in [0.1, 0.15) is 25.6 Å². The first-order valence-electron chi connectivity index (χ1n) is 5.69. The normalized spacial score (nSPS) is 13.3. The third kappa shape index (κ3) is 3.19. The maximum Gasteiger partial charge on any atom is 0.177 e. The number of nitrogens with zero attached hydrogens (tertiary/aromatic N) is 2. The number of ether oxygens (including phenoxy) is 2. The van der Waals surface area contributed by atoms with Gasteiger partial charge in [-0.05, 0) is 13.5 Å². The van der Waals surface area contributed by atoms with Crippen LogP contribution in [-0.4, -0.2) is 36.8 Å². The van der Waals surface area contributed by atoms with E-state index in [1.54, 1.807) is 20.4 Å². The van der Waals surface area contributed by atoms with Crippen molar-refractivity contribution in [2.24, 2.45) is 0 Å². The standard InChI is InChI=1S/C11H20ClN3O2/c1-5-13-9(11(16-3)17-4)10-8(12)7-14-15(10)6-2/h7,9,11,13H,5-6H2,1-4H3. The smallest absolute Gasteiger partial charge is 0.177 e. The molecule has 5 nitrogen and oxygen atoms in total. The minimum Gasteiger partial charge on any atom is -0.354 e.